The van der Waals surface area contributed by atoms with Crippen LogP contribution in [0.3, 0.4) is 0 Å². The summed E-state index contributed by atoms with van der Waals surface area (Å²) in [5.41, 5.74) is 2.75. The van der Waals surface area contributed by atoms with Crippen molar-refractivity contribution in [3.63, 3.8) is 0 Å². The normalized spacial score (nSPS) is 15.3. The van der Waals surface area contributed by atoms with Gasteiger partial charge >= 0.3 is 5.97 Å². The fraction of sp³-hybridized carbons (Fsp3) is 0.138. The summed E-state index contributed by atoms with van der Waals surface area (Å²) in [6.45, 7) is 3.95. The van der Waals surface area contributed by atoms with Crippen LogP contribution in [0, 0.1) is 6.92 Å². The Balaban J connectivity index is 1.66. The van der Waals surface area contributed by atoms with Gasteiger partial charge in [-0.1, -0.05) is 76.2 Å². The van der Waals surface area contributed by atoms with Crippen molar-refractivity contribution in [2.75, 3.05) is 6.61 Å². The van der Waals surface area contributed by atoms with Gasteiger partial charge in [-0.15, -0.1) is 0 Å². The Labute approximate surface area is 227 Å². The number of ether oxygens (including phenoxy) is 2. The molecule has 6 nitrogen and oxygen atoms in total. The van der Waals surface area contributed by atoms with Crippen molar-refractivity contribution in [1.29, 1.82) is 0 Å². The molecule has 0 atom stereocenters. The van der Waals surface area contributed by atoms with Crippen LogP contribution in [0.15, 0.2) is 98.5 Å². The predicted octanol–water partition coefficient (Wildman–Crippen LogP) is 7.04. The standard InChI is InChI=1S/C29H24BrNO5S/c1-3-35-29(34)25-26(32)24(37-28(25)31-27(33)22-10-6-4-8-18(22)2)16-20-9-5-7-11-23(20)36-17-19-12-14-21(30)15-13-19/h4-16,32H,3,17H2,1-2H3/b24-16-,31-28?. The first kappa shape index (κ1) is 26.4. The number of benzene rings is 3. The minimum absolute atomic E-state index is 0.0868. The Morgan fingerprint density at radius 1 is 1.03 bits per heavy atom. The molecular formula is C29H24BrNO5S. The molecule has 3 aromatic rings. The molecular weight excluding hydrogens is 554 g/mol. The molecule has 37 heavy (non-hydrogen) atoms. The number of amides is 1. The van der Waals surface area contributed by atoms with Crippen molar-refractivity contribution in [2.24, 2.45) is 4.99 Å². The number of aryl methyl sites for hydroxylation is 1. The number of hydrogen-bond donors (Lipinski definition) is 1. The number of aliphatic hydroxyl groups excluding tert-OH is 1. The van der Waals surface area contributed by atoms with E-state index < -0.39 is 11.9 Å². The number of rotatable bonds is 7. The average molecular weight is 578 g/mol. The molecule has 1 heterocycles. The van der Waals surface area contributed by atoms with Crippen molar-refractivity contribution in [2.45, 2.75) is 20.5 Å². The summed E-state index contributed by atoms with van der Waals surface area (Å²) in [7, 11) is 0. The fourth-order valence-electron chi connectivity index (χ4n) is 3.57. The highest BCUT2D eigenvalue weighted by atomic mass is 79.9. The number of carbonyl (C=O) groups is 2. The lowest BCUT2D eigenvalue weighted by Crippen LogP contribution is -2.14. The van der Waals surface area contributed by atoms with E-state index in [2.05, 4.69) is 20.9 Å². The van der Waals surface area contributed by atoms with E-state index in [0.29, 0.717) is 28.4 Å². The lowest BCUT2D eigenvalue weighted by Gasteiger charge is -2.10. The predicted molar refractivity (Wildman–Crippen MR) is 150 cm³/mol. The Hall–Kier alpha value is -3.62. The number of thioether (sulfide) groups is 1. The zero-order valence-electron chi connectivity index (χ0n) is 20.2. The number of para-hydroxylation sites is 1. The SMILES string of the molecule is CCOC(=O)C1=C(O)/C(=C/c2ccccc2OCc2ccc(Br)cc2)SC1=NC(=O)c1ccccc1C. The molecule has 0 aromatic heterocycles. The van der Waals surface area contributed by atoms with Crippen LogP contribution in [-0.2, 0) is 16.1 Å². The molecule has 1 N–H and O–H groups in total. The number of aliphatic imine (C=N–C) groups is 1. The van der Waals surface area contributed by atoms with Crippen molar-refractivity contribution in [3.8, 4) is 5.75 Å². The van der Waals surface area contributed by atoms with Gasteiger partial charge in [0, 0.05) is 15.6 Å². The molecule has 0 radical (unpaired) electrons. The summed E-state index contributed by atoms with van der Waals surface area (Å²) in [6.07, 6.45) is 1.71. The smallest absolute Gasteiger partial charge is 0.344 e. The van der Waals surface area contributed by atoms with Crippen molar-refractivity contribution in [3.05, 3.63) is 116 Å². The van der Waals surface area contributed by atoms with E-state index in [1.54, 1.807) is 25.1 Å². The number of hydrogen-bond acceptors (Lipinski definition) is 6. The Bertz CT molecular complexity index is 1430. The zero-order chi connectivity index (χ0) is 26.4. The van der Waals surface area contributed by atoms with Gasteiger partial charge in [0.1, 0.15) is 28.7 Å². The molecule has 0 spiro atoms. The number of halogens is 1. The first-order valence-electron chi connectivity index (χ1n) is 11.5. The summed E-state index contributed by atoms with van der Waals surface area (Å²) >= 11 is 4.46. The minimum Gasteiger partial charge on any atom is -0.506 e. The van der Waals surface area contributed by atoms with Gasteiger partial charge in [-0.2, -0.15) is 0 Å². The van der Waals surface area contributed by atoms with E-state index in [0.717, 1.165) is 27.4 Å². The largest absolute Gasteiger partial charge is 0.506 e. The van der Waals surface area contributed by atoms with Crippen LogP contribution in [-0.4, -0.2) is 28.6 Å². The third-order valence-corrected chi connectivity index (χ3v) is 7.01. The van der Waals surface area contributed by atoms with Gasteiger partial charge < -0.3 is 14.6 Å². The molecule has 0 unspecified atom stereocenters. The molecule has 0 aliphatic carbocycles. The van der Waals surface area contributed by atoms with Crippen molar-refractivity contribution >= 4 is 50.7 Å². The molecule has 1 aliphatic heterocycles. The average Bonchev–Trinajstić information content (AvgIpc) is 3.19. The number of esters is 1. The first-order valence-corrected chi connectivity index (χ1v) is 13.1. The topological polar surface area (TPSA) is 85.2 Å². The minimum atomic E-state index is -0.744. The Kier molecular flexibility index (Phi) is 8.63. The van der Waals surface area contributed by atoms with Gasteiger partial charge in [0.25, 0.3) is 5.91 Å². The van der Waals surface area contributed by atoms with Gasteiger partial charge in [-0.05, 0) is 55.3 Å². The van der Waals surface area contributed by atoms with E-state index in [9.17, 15) is 14.7 Å². The maximum Gasteiger partial charge on any atom is 0.344 e. The van der Waals surface area contributed by atoms with Crippen LogP contribution in [0.4, 0.5) is 0 Å². The molecule has 8 heteroatoms. The van der Waals surface area contributed by atoms with E-state index in [1.807, 2.05) is 67.6 Å². The van der Waals surface area contributed by atoms with Gasteiger partial charge in [-0.25, -0.2) is 9.79 Å². The van der Waals surface area contributed by atoms with Crippen LogP contribution in [0.5, 0.6) is 5.75 Å². The summed E-state index contributed by atoms with van der Waals surface area (Å²) in [6, 6.07) is 22.3. The molecule has 0 bridgehead atoms. The summed E-state index contributed by atoms with van der Waals surface area (Å²) in [5, 5.41) is 11.1. The summed E-state index contributed by atoms with van der Waals surface area (Å²) in [5.74, 6) is -0.936. The van der Waals surface area contributed by atoms with Crippen LogP contribution in [0.25, 0.3) is 6.08 Å². The first-order chi connectivity index (χ1) is 17.9. The summed E-state index contributed by atoms with van der Waals surface area (Å²) < 4.78 is 12.2. The van der Waals surface area contributed by atoms with Crippen LogP contribution >= 0.6 is 27.7 Å². The maximum atomic E-state index is 12.9. The second-order valence-electron chi connectivity index (χ2n) is 8.04. The van der Waals surface area contributed by atoms with E-state index in [1.165, 1.54) is 0 Å². The second kappa shape index (κ2) is 12.1. The highest BCUT2D eigenvalue weighted by molar-refractivity contribution is 9.10. The molecule has 3 aromatic carbocycles. The van der Waals surface area contributed by atoms with Crippen molar-refractivity contribution < 1.29 is 24.2 Å². The molecule has 1 aliphatic rings. The van der Waals surface area contributed by atoms with Crippen LogP contribution in [0.1, 0.15) is 34.0 Å². The Morgan fingerprint density at radius 3 is 2.46 bits per heavy atom. The van der Waals surface area contributed by atoms with Gasteiger partial charge in [0.2, 0.25) is 0 Å². The molecule has 4 rings (SSSR count). The number of nitrogens with zero attached hydrogens (tertiary/aromatic N) is 1. The van der Waals surface area contributed by atoms with E-state index in [4.69, 9.17) is 9.47 Å². The molecule has 188 valence electrons. The van der Waals surface area contributed by atoms with Gasteiger partial charge in [0.05, 0.1) is 11.5 Å². The van der Waals surface area contributed by atoms with Gasteiger partial charge in [0.15, 0.2) is 0 Å². The van der Waals surface area contributed by atoms with Crippen LogP contribution < -0.4 is 4.74 Å². The zero-order valence-corrected chi connectivity index (χ0v) is 22.6. The number of carbonyl (C=O) groups excluding carboxylic acids is 2. The molecule has 0 fully saturated rings. The summed E-state index contributed by atoms with van der Waals surface area (Å²) in [4.78, 5) is 30.2. The monoisotopic (exact) mass is 577 g/mol. The third kappa shape index (κ3) is 6.39. The lowest BCUT2D eigenvalue weighted by molar-refractivity contribution is -0.138. The third-order valence-electron chi connectivity index (χ3n) is 5.46. The number of aliphatic hydroxyl groups is 1. The molecule has 1 amide bonds. The highest BCUT2D eigenvalue weighted by Gasteiger charge is 2.34. The Morgan fingerprint density at radius 2 is 1.73 bits per heavy atom. The quantitative estimate of drug-likeness (QED) is 0.303. The van der Waals surface area contributed by atoms with E-state index >= 15 is 0 Å². The fourth-order valence-corrected chi connectivity index (χ4v) is 4.84. The van der Waals surface area contributed by atoms with Gasteiger partial charge in [-0.3, -0.25) is 4.79 Å². The maximum absolute atomic E-state index is 12.9. The molecule has 0 saturated heterocycles. The highest BCUT2D eigenvalue weighted by Crippen LogP contribution is 2.40. The lowest BCUT2D eigenvalue weighted by atomic mass is 10.1. The van der Waals surface area contributed by atoms with Crippen molar-refractivity contribution in [1.82, 2.24) is 0 Å². The van der Waals surface area contributed by atoms with E-state index in [-0.39, 0.29) is 23.0 Å². The second-order valence-corrected chi connectivity index (χ2v) is 9.99. The molecule has 0 saturated carbocycles. The van der Waals surface area contributed by atoms with Crippen LogP contribution in [0.2, 0.25) is 0 Å².